The van der Waals surface area contributed by atoms with Gasteiger partial charge in [-0.25, -0.2) is 0 Å². The maximum atomic E-state index is 9.92. The molecular weight excluding hydrogens is 234 g/mol. The molecule has 106 valence electrons. The van der Waals surface area contributed by atoms with Crippen LogP contribution >= 0.6 is 0 Å². The molecule has 19 heavy (non-hydrogen) atoms. The quantitative estimate of drug-likeness (QED) is 0.880. The first-order valence-electron chi connectivity index (χ1n) is 7.74. The van der Waals surface area contributed by atoms with E-state index < -0.39 is 0 Å². The predicted octanol–water partition coefficient (Wildman–Crippen LogP) is 4.15. The van der Waals surface area contributed by atoms with E-state index in [-0.39, 0.29) is 6.10 Å². The summed E-state index contributed by atoms with van der Waals surface area (Å²) in [5.41, 5.74) is 2.30. The van der Waals surface area contributed by atoms with E-state index in [1.165, 1.54) is 37.8 Å². The second kappa shape index (κ2) is 6.95. The van der Waals surface area contributed by atoms with E-state index in [4.69, 9.17) is 0 Å². The Bertz CT molecular complexity index is 389. The molecule has 1 aromatic rings. The lowest BCUT2D eigenvalue weighted by molar-refractivity contribution is 0.199. The third-order valence-electron chi connectivity index (χ3n) is 4.27. The molecule has 0 aliphatic carbocycles. The molecule has 2 heteroatoms. The molecular formula is C17H27NO. The summed E-state index contributed by atoms with van der Waals surface area (Å²) in [5.74, 6) is 0.897. The van der Waals surface area contributed by atoms with E-state index in [1.54, 1.807) is 0 Å². The standard InChI is InChI=1S/C17H27NO/c1-3-7-15-8-6-12-18(13-11-15)17-10-5-4-9-16(17)14(2)19/h4-5,9-10,14-15,19H,3,6-8,11-13H2,1-2H3/t14-,15?/m1/s1. The third kappa shape index (κ3) is 3.73. The second-order valence-corrected chi connectivity index (χ2v) is 5.81. The van der Waals surface area contributed by atoms with Crippen molar-refractivity contribution in [1.29, 1.82) is 0 Å². The fraction of sp³-hybridized carbons (Fsp3) is 0.647. The van der Waals surface area contributed by atoms with Gasteiger partial charge in [0.1, 0.15) is 0 Å². The van der Waals surface area contributed by atoms with E-state index >= 15 is 0 Å². The second-order valence-electron chi connectivity index (χ2n) is 5.81. The number of anilines is 1. The molecule has 0 radical (unpaired) electrons. The van der Waals surface area contributed by atoms with Crippen LogP contribution in [0.5, 0.6) is 0 Å². The number of aliphatic hydroxyl groups excluding tert-OH is 1. The molecule has 2 atom stereocenters. The Morgan fingerprint density at radius 2 is 2.05 bits per heavy atom. The first kappa shape index (κ1) is 14.4. The summed E-state index contributed by atoms with van der Waals surface area (Å²) in [7, 11) is 0. The molecule has 1 aromatic carbocycles. The zero-order chi connectivity index (χ0) is 13.7. The monoisotopic (exact) mass is 261 g/mol. The highest BCUT2D eigenvalue weighted by Gasteiger charge is 2.19. The van der Waals surface area contributed by atoms with Gasteiger partial charge in [-0.1, -0.05) is 38.0 Å². The molecule has 0 amide bonds. The van der Waals surface area contributed by atoms with Crippen molar-refractivity contribution in [2.24, 2.45) is 5.92 Å². The fourth-order valence-electron chi connectivity index (χ4n) is 3.23. The molecule has 2 rings (SSSR count). The number of rotatable bonds is 4. The first-order chi connectivity index (χ1) is 9.22. The van der Waals surface area contributed by atoms with Crippen LogP contribution in [-0.4, -0.2) is 18.2 Å². The van der Waals surface area contributed by atoms with Crippen molar-refractivity contribution in [1.82, 2.24) is 0 Å². The number of nitrogens with zero attached hydrogens (tertiary/aromatic N) is 1. The summed E-state index contributed by atoms with van der Waals surface area (Å²) in [6.07, 6.45) is 6.22. The predicted molar refractivity (Wildman–Crippen MR) is 81.5 cm³/mol. The number of aliphatic hydroxyl groups is 1. The summed E-state index contributed by atoms with van der Waals surface area (Å²) in [4.78, 5) is 2.47. The van der Waals surface area contributed by atoms with Gasteiger partial charge in [0.2, 0.25) is 0 Å². The minimum Gasteiger partial charge on any atom is -0.389 e. The van der Waals surface area contributed by atoms with Crippen LogP contribution in [0.25, 0.3) is 0 Å². The van der Waals surface area contributed by atoms with E-state index in [1.807, 2.05) is 13.0 Å². The van der Waals surface area contributed by atoms with Gasteiger partial charge in [0, 0.05) is 24.3 Å². The van der Waals surface area contributed by atoms with Crippen molar-refractivity contribution in [3.8, 4) is 0 Å². The van der Waals surface area contributed by atoms with Crippen LogP contribution < -0.4 is 4.90 Å². The average Bonchev–Trinajstić information content (AvgIpc) is 2.65. The van der Waals surface area contributed by atoms with Gasteiger partial charge in [0.15, 0.2) is 0 Å². The van der Waals surface area contributed by atoms with Crippen LogP contribution in [0.1, 0.15) is 57.6 Å². The zero-order valence-electron chi connectivity index (χ0n) is 12.3. The highest BCUT2D eigenvalue weighted by Crippen LogP contribution is 2.30. The van der Waals surface area contributed by atoms with Gasteiger partial charge in [-0.05, 0) is 38.2 Å². The maximum Gasteiger partial charge on any atom is 0.0781 e. The van der Waals surface area contributed by atoms with Crippen molar-refractivity contribution in [2.75, 3.05) is 18.0 Å². The van der Waals surface area contributed by atoms with Crippen LogP contribution in [0.3, 0.4) is 0 Å². The Hall–Kier alpha value is -1.02. The Kier molecular flexibility index (Phi) is 5.26. The molecule has 1 fully saturated rings. The first-order valence-corrected chi connectivity index (χ1v) is 7.74. The van der Waals surface area contributed by atoms with Gasteiger partial charge in [-0.3, -0.25) is 0 Å². The van der Waals surface area contributed by atoms with Crippen LogP contribution in [0, 0.1) is 5.92 Å². The van der Waals surface area contributed by atoms with Crippen LogP contribution in [0.4, 0.5) is 5.69 Å². The normalized spacial score (nSPS) is 22.1. The molecule has 1 unspecified atom stereocenters. The van der Waals surface area contributed by atoms with Crippen molar-refractivity contribution in [3.05, 3.63) is 29.8 Å². The maximum absolute atomic E-state index is 9.92. The number of hydrogen-bond acceptors (Lipinski definition) is 2. The summed E-state index contributed by atoms with van der Waals surface area (Å²) in [6.45, 7) is 6.40. The van der Waals surface area contributed by atoms with E-state index in [2.05, 4.69) is 30.0 Å². The van der Waals surface area contributed by atoms with E-state index in [9.17, 15) is 5.11 Å². The molecule has 1 aliphatic heterocycles. The van der Waals surface area contributed by atoms with Crippen LogP contribution in [-0.2, 0) is 0 Å². The lowest BCUT2D eigenvalue weighted by atomic mass is 9.96. The topological polar surface area (TPSA) is 23.5 Å². The molecule has 1 saturated heterocycles. The lowest BCUT2D eigenvalue weighted by Crippen LogP contribution is -2.25. The summed E-state index contributed by atoms with van der Waals surface area (Å²) in [6, 6.07) is 8.30. The number of para-hydroxylation sites is 1. The summed E-state index contributed by atoms with van der Waals surface area (Å²) in [5, 5.41) is 9.92. The molecule has 0 spiro atoms. The third-order valence-corrected chi connectivity index (χ3v) is 4.27. The van der Waals surface area contributed by atoms with Crippen molar-refractivity contribution < 1.29 is 5.11 Å². The molecule has 1 aliphatic rings. The molecule has 0 bridgehead atoms. The van der Waals surface area contributed by atoms with Crippen molar-refractivity contribution in [3.63, 3.8) is 0 Å². The largest absolute Gasteiger partial charge is 0.389 e. The Balaban J connectivity index is 2.10. The highest BCUT2D eigenvalue weighted by molar-refractivity contribution is 5.54. The van der Waals surface area contributed by atoms with Gasteiger partial charge >= 0.3 is 0 Å². The molecule has 0 aromatic heterocycles. The Morgan fingerprint density at radius 1 is 1.26 bits per heavy atom. The summed E-state index contributed by atoms with van der Waals surface area (Å²) >= 11 is 0. The smallest absolute Gasteiger partial charge is 0.0781 e. The van der Waals surface area contributed by atoms with Crippen LogP contribution in [0.15, 0.2) is 24.3 Å². The highest BCUT2D eigenvalue weighted by atomic mass is 16.3. The minimum absolute atomic E-state index is 0.383. The lowest BCUT2D eigenvalue weighted by Gasteiger charge is -2.26. The molecule has 1 heterocycles. The zero-order valence-corrected chi connectivity index (χ0v) is 12.3. The van der Waals surface area contributed by atoms with Gasteiger partial charge in [-0.2, -0.15) is 0 Å². The molecule has 2 nitrogen and oxygen atoms in total. The van der Waals surface area contributed by atoms with Crippen molar-refractivity contribution in [2.45, 2.75) is 52.1 Å². The molecule has 1 N–H and O–H groups in total. The Labute approximate surface area is 117 Å². The minimum atomic E-state index is -0.383. The number of hydrogen-bond donors (Lipinski definition) is 1. The van der Waals surface area contributed by atoms with E-state index in [0.29, 0.717) is 0 Å². The average molecular weight is 261 g/mol. The SMILES string of the molecule is CCCC1CCCN(c2ccccc2[C@@H](C)O)CC1. The van der Waals surface area contributed by atoms with E-state index in [0.717, 1.165) is 24.6 Å². The van der Waals surface area contributed by atoms with Crippen LogP contribution in [0.2, 0.25) is 0 Å². The van der Waals surface area contributed by atoms with Gasteiger partial charge in [0.25, 0.3) is 0 Å². The van der Waals surface area contributed by atoms with Gasteiger partial charge < -0.3 is 10.0 Å². The Morgan fingerprint density at radius 3 is 2.79 bits per heavy atom. The van der Waals surface area contributed by atoms with Gasteiger partial charge in [-0.15, -0.1) is 0 Å². The van der Waals surface area contributed by atoms with Gasteiger partial charge in [0.05, 0.1) is 6.10 Å². The molecule has 0 saturated carbocycles. The van der Waals surface area contributed by atoms with Crippen molar-refractivity contribution >= 4 is 5.69 Å². The fourth-order valence-corrected chi connectivity index (χ4v) is 3.23. The summed E-state index contributed by atoms with van der Waals surface area (Å²) < 4.78 is 0. The number of benzene rings is 1.